The van der Waals surface area contributed by atoms with E-state index < -0.39 is 22.5 Å². The molecule has 0 aliphatic rings. The van der Waals surface area contributed by atoms with E-state index in [-0.39, 0.29) is 10.6 Å². The SMILES string of the molecule is COc1ccc(S(=O)(=O)N(CC(=O)Nc2ccc3c(c2)n(C)c(=O)n3C)c2ccc(C)cc2)cc1Br. The number of fused-ring (bicyclic) bond motifs is 1. The van der Waals surface area contributed by atoms with E-state index in [0.717, 1.165) is 15.4 Å². The number of halogens is 1. The van der Waals surface area contributed by atoms with E-state index in [1.807, 2.05) is 6.92 Å². The minimum absolute atomic E-state index is 0.00394. The summed E-state index contributed by atoms with van der Waals surface area (Å²) in [6, 6.07) is 16.4. The minimum Gasteiger partial charge on any atom is -0.496 e. The summed E-state index contributed by atoms with van der Waals surface area (Å²) in [6.45, 7) is 1.43. The van der Waals surface area contributed by atoms with Crippen molar-refractivity contribution >= 4 is 54.3 Å². The van der Waals surface area contributed by atoms with Gasteiger partial charge in [0.1, 0.15) is 12.3 Å². The van der Waals surface area contributed by atoms with Crippen molar-refractivity contribution in [3.63, 3.8) is 0 Å². The summed E-state index contributed by atoms with van der Waals surface area (Å²) < 4.78 is 37.1. The van der Waals surface area contributed by atoms with Gasteiger partial charge in [-0.05, 0) is 71.4 Å². The number of amides is 1. The molecular weight excluding hydrogens is 548 g/mol. The first-order valence-electron chi connectivity index (χ1n) is 10.9. The fraction of sp³-hybridized carbons (Fsp3) is 0.200. The molecule has 0 bridgehead atoms. The van der Waals surface area contributed by atoms with Gasteiger partial charge in [0.15, 0.2) is 0 Å². The Bertz CT molecular complexity index is 1620. The molecule has 0 aliphatic carbocycles. The average Bonchev–Trinajstić information content (AvgIpc) is 3.06. The number of carbonyl (C=O) groups excluding carboxylic acids is 1. The maximum atomic E-state index is 13.7. The third-order valence-corrected chi connectivity index (χ3v) is 8.27. The van der Waals surface area contributed by atoms with Gasteiger partial charge in [-0.1, -0.05) is 17.7 Å². The Morgan fingerprint density at radius 2 is 1.67 bits per heavy atom. The highest BCUT2D eigenvalue weighted by Gasteiger charge is 2.28. The lowest BCUT2D eigenvalue weighted by Gasteiger charge is -2.24. The molecule has 0 radical (unpaired) electrons. The molecule has 1 amide bonds. The Kier molecular flexibility index (Phi) is 6.96. The first-order chi connectivity index (χ1) is 17.0. The molecule has 36 heavy (non-hydrogen) atoms. The molecule has 1 N–H and O–H groups in total. The van der Waals surface area contributed by atoms with Crippen LogP contribution in [0.5, 0.6) is 5.75 Å². The van der Waals surface area contributed by atoms with Gasteiger partial charge in [0.2, 0.25) is 5.91 Å². The fourth-order valence-electron chi connectivity index (χ4n) is 3.88. The van der Waals surface area contributed by atoms with Crippen LogP contribution in [0.25, 0.3) is 11.0 Å². The van der Waals surface area contributed by atoms with Crippen molar-refractivity contribution < 1.29 is 17.9 Å². The second-order valence-electron chi connectivity index (χ2n) is 8.30. The number of benzene rings is 3. The molecule has 0 saturated heterocycles. The molecule has 0 saturated carbocycles. The lowest BCUT2D eigenvalue weighted by molar-refractivity contribution is -0.114. The molecule has 11 heteroatoms. The number of carbonyl (C=O) groups is 1. The quantitative estimate of drug-likeness (QED) is 0.363. The van der Waals surface area contributed by atoms with Gasteiger partial charge in [0.25, 0.3) is 10.0 Å². The van der Waals surface area contributed by atoms with Crippen molar-refractivity contribution in [1.82, 2.24) is 9.13 Å². The van der Waals surface area contributed by atoms with E-state index >= 15 is 0 Å². The van der Waals surface area contributed by atoms with E-state index in [9.17, 15) is 18.0 Å². The van der Waals surface area contributed by atoms with Gasteiger partial charge in [0.05, 0.1) is 33.2 Å². The van der Waals surface area contributed by atoms with Crippen LogP contribution in [0.15, 0.2) is 74.8 Å². The van der Waals surface area contributed by atoms with Gasteiger partial charge in [-0.3, -0.25) is 18.2 Å². The number of aromatic nitrogens is 2. The molecule has 9 nitrogen and oxygen atoms in total. The summed E-state index contributed by atoms with van der Waals surface area (Å²) in [5, 5.41) is 2.76. The minimum atomic E-state index is -4.11. The number of hydrogen-bond donors (Lipinski definition) is 1. The Hall–Kier alpha value is -3.57. The second-order valence-corrected chi connectivity index (χ2v) is 11.0. The summed E-state index contributed by atoms with van der Waals surface area (Å²) in [4.78, 5) is 25.3. The maximum absolute atomic E-state index is 13.7. The molecule has 4 rings (SSSR count). The normalized spacial score (nSPS) is 11.5. The summed E-state index contributed by atoms with van der Waals surface area (Å²) in [6.07, 6.45) is 0. The van der Waals surface area contributed by atoms with E-state index in [4.69, 9.17) is 4.74 Å². The van der Waals surface area contributed by atoms with Crippen LogP contribution in [0.3, 0.4) is 0 Å². The predicted molar refractivity (Wildman–Crippen MR) is 143 cm³/mol. The number of methoxy groups -OCH3 is 1. The molecule has 0 aliphatic heterocycles. The van der Waals surface area contributed by atoms with Crippen LogP contribution < -0.4 is 20.0 Å². The standard InChI is InChI=1S/C25H25BrN4O5S/c1-16-5-8-18(9-6-16)30(36(33,34)19-10-12-23(35-4)20(26)14-19)15-24(31)27-17-7-11-21-22(13-17)29(3)25(32)28(21)2/h5-14H,15H2,1-4H3,(H,27,31). The van der Waals surface area contributed by atoms with Crippen LogP contribution in [-0.2, 0) is 28.9 Å². The smallest absolute Gasteiger partial charge is 0.328 e. The highest BCUT2D eigenvalue weighted by atomic mass is 79.9. The van der Waals surface area contributed by atoms with Gasteiger partial charge < -0.3 is 10.1 Å². The van der Waals surface area contributed by atoms with Crippen molar-refractivity contribution in [2.24, 2.45) is 14.1 Å². The van der Waals surface area contributed by atoms with Crippen LogP contribution in [0.4, 0.5) is 11.4 Å². The number of sulfonamides is 1. The third kappa shape index (κ3) is 4.76. The first-order valence-corrected chi connectivity index (χ1v) is 13.1. The Labute approximate surface area is 217 Å². The highest BCUT2D eigenvalue weighted by molar-refractivity contribution is 9.10. The number of ether oxygens (including phenoxy) is 1. The Balaban J connectivity index is 1.68. The number of aryl methyl sites for hydroxylation is 3. The van der Waals surface area contributed by atoms with Crippen LogP contribution in [-0.4, -0.2) is 37.1 Å². The van der Waals surface area contributed by atoms with Crippen LogP contribution in [0.2, 0.25) is 0 Å². The molecule has 1 aromatic heterocycles. The average molecular weight is 573 g/mol. The number of imidazole rings is 1. The van der Waals surface area contributed by atoms with E-state index in [2.05, 4.69) is 21.2 Å². The first kappa shape index (κ1) is 25.5. The zero-order chi connectivity index (χ0) is 26.2. The second kappa shape index (κ2) is 9.82. The van der Waals surface area contributed by atoms with E-state index in [1.165, 1.54) is 28.4 Å². The lowest BCUT2D eigenvalue weighted by atomic mass is 10.2. The van der Waals surface area contributed by atoms with Crippen molar-refractivity contribution in [3.8, 4) is 5.75 Å². The van der Waals surface area contributed by atoms with Crippen molar-refractivity contribution in [1.29, 1.82) is 0 Å². The van der Waals surface area contributed by atoms with Gasteiger partial charge in [-0.2, -0.15) is 0 Å². The maximum Gasteiger partial charge on any atom is 0.328 e. The predicted octanol–water partition coefficient (Wildman–Crippen LogP) is 3.79. The zero-order valence-corrected chi connectivity index (χ0v) is 22.6. The monoisotopic (exact) mass is 572 g/mol. The number of nitrogens with one attached hydrogen (secondary N) is 1. The van der Waals surface area contributed by atoms with Crippen LogP contribution >= 0.6 is 15.9 Å². The molecule has 4 aromatic rings. The zero-order valence-electron chi connectivity index (χ0n) is 20.1. The Morgan fingerprint density at radius 1 is 1.00 bits per heavy atom. The molecule has 0 fully saturated rings. The third-order valence-electron chi connectivity index (χ3n) is 5.88. The van der Waals surface area contributed by atoms with Crippen molar-refractivity contribution in [2.45, 2.75) is 11.8 Å². The summed E-state index contributed by atoms with van der Waals surface area (Å²) >= 11 is 3.33. The Morgan fingerprint density at radius 3 is 2.31 bits per heavy atom. The molecule has 3 aromatic carbocycles. The largest absolute Gasteiger partial charge is 0.496 e. The molecular formula is C25H25BrN4O5S. The van der Waals surface area contributed by atoms with Gasteiger partial charge in [-0.25, -0.2) is 13.2 Å². The van der Waals surface area contributed by atoms with E-state index in [1.54, 1.807) is 62.6 Å². The van der Waals surface area contributed by atoms with Crippen molar-refractivity contribution in [2.75, 3.05) is 23.3 Å². The molecule has 0 spiro atoms. The van der Waals surface area contributed by atoms with Gasteiger partial charge >= 0.3 is 5.69 Å². The van der Waals surface area contributed by atoms with Crippen LogP contribution in [0, 0.1) is 6.92 Å². The lowest BCUT2D eigenvalue weighted by Crippen LogP contribution is -2.38. The van der Waals surface area contributed by atoms with Gasteiger partial charge in [-0.15, -0.1) is 0 Å². The molecule has 0 unspecified atom stereocenters. The van der Waals surface area contributed by atoms with Crippen molar-refractivity contribution in [3.05, 3.63) is 81.2 Å². The molecule has 0 atom stereocenters. The number of rotatable bonds is 7. The summed E-state index contributed by atoms with van der Waals surface area (Å²) in [5.41, 5.74) is 2.93. The molecule has 188 valence electrons. The van der Waals surface area contributed by atoms with Gasteiger partial charge in [0, 0.05) is 19.8 Å². The topological polar surface area (TPSA) is 103 Å². The highest BCUT2D eigenvalue weighted by Crippen LogP contribution is 2.31. The number of anilines is 2. The van der Waals surface area contributed by atoms with E-state index in [0.29, 0.717) is 27.1 Å². The number of hydrogen-bond acceptors (Lipinski definition) is 5. The van der Waals surface area contributed by atoms with Crippen LogP contribution in [0.1, 0.15) is 5.56 Å². The summed E-state index contributed by atoms with van der Waals surface area (Å²) in [5.74, 6) is -0.0497. The molecule has 1 heterocycles. The number of nitrogens with zero attached hydrogens (tertiary/aromatic N) is 3. The fourth-order valence-corrected chi connectivity index (χ4v) is 6.02. The summed E-state index contributed by atoms with van der Waals surface area (Å²) in [7, 11) is 0.700.